The Morgan fingerprint density at radius 2 is 1.50 bits per heavy atom. The van der Waals surface area contributed by atoms with Gasteiger partial charge >= 0.3 is 0 Å². The molecular weight excluding hydrogens is 320 g/mol. The normalized spacial score (nSPS) is 10.6. The zero-order chi connectivity index (χ0) is 18.4. The zero-order valence-electron chi connectivity index (χ0n) is 15.6. The number of hydrazine groups is 1. The molecule has 0 fully saturated rings. The second-order valence-electron chi connectivity index (χ2n) is 6.66. The summed E-state index contributed by atoms with van der Waals surface area (Å²) < 4.78 is 5.26. The highest BCUT2D eigenvalue weighted by molar-refractivity contribution is 5.56. The minimum Gasteiger partial charge on any atom is -0.497 e. The van der Waals surface area contributed by atoms with Gasteiger partial charge in [0.2, 0.25) is 0 Å². The summed E-state index contributed by atoms with van der Waals surface area (Å²) in [6, 6.07) is 27.2. The van der Waals surface area contributed by atoms with Crippen LogP contribution < -0.4 is 15.2 Å². The van der Waals surface area contributed by atoms with E-state index in [2.05, 4.69) is 72.8 Å². The number of anilines is 2. The Bertz CT molecular complexity index is 796. The largest absolute Gasteiger partial charge is 0.497 e. The average molecular weight is 346 g/mol. The van der Waals surface area contributed by atoms with E-state index < -0.39 is 0 Å². The standard InChI is InChI=1S/C23H26N2O/c1-18(2)20-11-13-22(14-12-20)25(24-21-7-5-4-6-8-21)17-19-9-15-23(26-3)16-10-19/h4-16,18,24H,17H2,1-3H3. The van der Waals surface area contributed by atoms with Gasteiger partial charge in [-0.2, -0.15) is 0 Å². The minimum atomic E-state index is 0.529. The molecule has 0 spiro atoms. The van der Waals surface area contributed by atoms with Crippen LogP contribution in [0.5, 0.6) is 5.75 Å². The van der Waals surface area contributed by atoms with E-state index in [4.69, 9.17) is 4.74 Å². The molecule has 0 amide bonds. The van der Waals surface area contributed by atoms with Crippen molar-refractivity contribution in [1.29, 1.82) is 0 Å². The summed E-state index contributed by atoms with van der Waals surface area (Å²) in [5.74, 6) is 1.40. The summed E-state index contributed by atoms with van der Waals surface area (Å²) in [6.45, 7) is 5.18. The van der Waals surface area contributed by atoms with Gasteiger partial charge in [0.05, 0.1) is 25.0 Å². The number of nitrogens with one attached hydrogen (secondary N) is 1. The second-order valence-corrected chi connectivity index (χ2v) is 6.66. The maximum atomic E-state index is 5.26. The van der Waals surface area contributed by atoms with Crippen molar-refractivity contribution >= 4 is 11.4 Å². The molecule has 26 heavy (non-hydrogen) atoms. The van der Waals surface area contributed by atoms with Crippen LogP contribution in [0, 0.1) is 0 Å². The third kappa shape index (κ3) is 4.57. The van der Waals surface area contributed by atoms with Crippen LogP contribution in [-0.2, 0) is 6.54 Å². The Balaban J connectivity index is 1.85. The summed E-state index contributed by atoms with van der Waals surface area (Å²) >= 11 is 0. The fraction of sp³-hybridized carbons (Fsp3) is 0.217. The van der Waals surface area contributed by atoms with Crippen molar-refractivity contribution in [2.45, 2.75) is 26.3 Å². The molecule has 0 aliphatic carbocycles. The van der Waals surface area contributed by atoms with E-state index in [0.29, 0.717) is 5.92 Å². The number of para-hydroxylation sites is 1. The number of rotatable bonds is 7. The van der Waals surface area contributed by atoms with Crippen molar-refractivity contribution in [3.05, 3.63) is 90.0 Å². The van der Waals surface area contributed by atoms with Gasteiger partial charge in [0, 0.05) is 0 Å². The van der Waals surface area contributed by atoms with Crippen LogP contribution in [0.15, 0.2) is 78.9 Å². The first-order valence-electron chi connectivity index (χ1n) is 8.98. The molecule has 0 aliphatic heterocycles. The Morgan fingerprint density at radius 1 is 0.846 bits per heavy atom. The molecule has 3 nitrogen and oxygen atoms in total. The van der Waals surface area contributed by atoms with Crippen LogP contribution in [-0.4, -0.2) is 7.11 Å². The molecule has 0 aliphatic rings. The molecule has 0 radical (unpaired) electrons. The summed E-state index contributed by atoms with van der Waals surface area (Å²) in [6.07, 6.45) is 0. The molecule has 1 N–H and O–H groups in total. The minimum absolute atomic E-state index is 0.529. The van der Waals surface area contributed by atoms with Gasteiger partial charge in [0.1, 0.15) is 5.75 Å². The quantitative estimate of drug-likeness (QED) is 0.543. The molecule has 0 unspecified atom stereocenters. The molecule has 0 saturated heterocycles. The molecule has 0 saturated carbocycles. The van der Waals surface area contributed by atoms with Crippen molar-refractivity contribution in [2.75, 3.05) is 17.5 Å². The van der Waals surface area contributed by atoms with Crippen molar-refractivity contribution in [1.82, 2.24) is 0 Å². The molecule has 3 aromatic rings. The lowest BCUT2D eigenvalue weighted by Crippen LogP contribution is -2.29. The van der Waals surface area contributed by atoms with Crippen LogP contribution in [0.3, 0.4) is 0 Å². The highest BCUT2D eigenvalue weighted by Crippen LogP contribution is 2.23. The van der Waals surface area contributed by atoms with E-state index in [0.717, 1.165) is 23.7 Å². The van der Waals surface area contributed by atoms with Crippen LogP contribution in [0.1, 0.15) is 30.9 Å². The van der Waals surface area contributed by atoms with Crippen molar-refractivity contribution in [2.24, 2.45) is 0 Å². The van der Waals surface area contributed by atoms with Crippen LogP contribution in [0.2, 0.25) is 0 Å². The number of ether oxygens (including phenoxy) is 1. The van der Waals surface area contributed by atoms with Gasteiger partial charge in [-0.15, -0.1) is 0 Å². The SMILES string of the molecule is COc1ccc(CN(Nc2ccccc2)c2ccc(C(C)C)cc2)cc1. The molecule has 3 rings (SSSR count). The number of nitrogens with zero attached hydrogens (tertiary/aromatic N) is 1. The summed E-state index contributed by atoms with van der Waals surface area (Å²) in [4.78, 5) is 0. The number of hydrogen-bond acceptors (Lipinski definition) is 3. The fourth-order valence-corrected chi connectivity index (χ4v) is 2.82. The lowest BCUT2D eigenvalue weighted by atomic mass is 10.0. The summed E-state index contributed by atoms with van der Waals surface area (Å²) in [5.41, 5.74) is 8.28. The molecule has 3 heteroatoms. The molecule has 0 aromatic heterocycles. The van der Waals surface area contributed by atoms with Gasteiger partial charge in [-0.25, -0.2) is 0 Å². The average Bonchev–Trinajstić information content (AvgIpc) is 2.69. The smallest absolute Gasteiger partial charge is 0.118 e. The van der Waals surface area contributed by atoms with Gasteiger partial charge < -0.3 is 4.74 Å². The predicted molar refractivity (Wildman–Crippen MR) is 110 cm³/mol. The third-order valence-electron chi connectivity index (χ3n) is 4.41. The highest BCUT2D eigenvalue weighted by atomic mass is 16.5. The molecule has 134 valence electrons. The maximum absolute atomic E-state index is 5.26. The van der Waals surface area contributed by atoms with Crippen LogP contribution in [0.4, 0.5) is 11.4 Å². The van der Waals surface area contributed by atoms with Gasteiger partial charge in [-0.05, 0) is 53.4 Å². The molecule has 0 bridgehead atoms. The Hall–Kier alpha value is -2.94. The van der Waals surface area contributed by atoms with E-state index in [-0.39, 0.29) is 0 Å². The van der Waals surface area contributed by atoms with Gasteiger partial charge in [-0.1, -0.05) is 56.3 Å². The summed E-state index contributed by atoms with van der Waals surface area (Å²) in [7, 11) is 1.69. The van der Waals surface area contributed by atoms with E-state index in [1.807, 2.05) is 30.3 Å². The monoisotopic (exact) mass is 346 g/mol. The van der Waals surface area contributed by atoms with E-state index >= 15 is 0 Å². The number of benzene rings is 3. The Kier molecular flexibility index (Phi) is 5.80. The first kappa shape index (κ1) is 17.9. The Morgan fingerprint density at radius 3 is 2.08 bits per heavy atom. The lowest BCUT2D eigenvalue weighted by Gasteiger charge is -2.27. The van der Waals surface area contributed by atoms with Crippen molar-refractivity contribution in [3.63, 3.8) is 0 Å². The van der Waals surface area contributed by atoms with Crippen molar-refractivity contribution < 1.29 is 4.74 Å². The third-order valence-corrected chi connectivity index (χ3v) is 4.41. The second kappa shape index (κ2) is 8.43. The van der Waals surface area contributed by atoms with E-state index in [9.17, 15) is 0 Å². The van der Waals surface area contributed by atoms with Gasteiger partial charge in [0.15, 0.2) is 0 Å². The van der Waals surface area contributed by atoms with Crippen LogP contribution in [0.25, 0.3) is 0 Å². The predicted octanol–water partition coefficient (Wildman–Crippen LogP) is 5.85. The first-order valence-corrected chi connectivity index (χ1v) is 8.98. The maximum Gasteiger partial charge on any atom is 0.118 e. The molecular formula is C23H26N2O. The molecule has 0 atom stereocenters. The number of methoxy groups -OCH3 is 1. The number of hydrogen-bond donors (Lipinski definition) is 1. The highest BCUT2D eigenvalue weighted by Gasteiger charge is 2.09. The van der Waals surface area contributed by atoms with Crippen LogP contribution >= 0.6 is 0 Å². The zero-order valence-corrected chi connectivity index (χ0v) is 15.6. The molecule has 0 heterocycles. The summed E-state index contributed by atoms with van der Waals surface area (Å²) in [5, 5.41) is 2.17. The first-order chi connectivity index (χ1) is 12.7. The van der Waals surface area contributed by atoms with Crippen molar-refractivity contribution in [3.8, 4) is 5.75 Å². The molecule has 3 aromatic carbocycles. The van der Waals surface area contributed by atoms with Gasteiger partial charge in [-0.3, -0.25) is 10.4 Å². The lowest BCUT2D eigenvalue weighted by molar-refractivity contribution is 0.414. The van der Waals surface area contributed by atoms with E-state index in [1.165, 1.54) is 11.1 Å². The fourth-order valence-electron chi connectivity index (χ4n) is 2.82. The Labute approximate surface area is 156 Å². The van der Waals surface area contributed by atoms with E-state index in [1.54, 1.807) is 7.11 Å². The van der Waals surface area contributed by atoms with Gasteiger partial charge in [0.25, 0.3) is 0 Å². The topological polar surface area (TPSA) is 24.5 Å².